The summed E-state index contributed by atoms with van der Waals surface area (Å²) in [6.07, 6.45) is 0. The highest BCUT2D eigenvalue weighted by molar-refractivity contribution is 7.71. The maximum Gasteiger partial charge on any atom is 0.195 e. The summed E-state index contributed by atoms with van der Waals surface area (Å²) in [6.45, 7) is 0. The molecule has 0 saturated heterocycles. The van der Waals surface area contributed by atoms with E-state index >= 15 is 0 Å². The first-order valence-electron chi connectivity index (χ1n) is 4.16. The number of hydrogen-bond donors (Lipinski definition) is 2. The van der Waals surface area contributed by atoms with E-state index in [4.69, 9.17) is 18.0 Å². The Hall–Kier alpha value is -1.62. The van der Waals surface area contributed by atoms with E-state index in [1.807, 2.05) is 35.9 Å². The van der Waals surface area contributed by atoms with Crippen molar-refractivity contribution in [2.24, 2.45) is 7.05 Å². The van der Waals surface area contributed by atoms with Gasteiger partial charge in [-0.25, -0.2) is 0 Å². The van der Waals surface area contributed by atoms with Crippen LogP contribution in [0.3, 0.4) is 0 Å². The minimum Gasteiger partial charge on any atom is -0.399 e. The highest BCUT2D eigenvalue weighted by Gasteiger charge is 2.04. The number of nitrogens with two attached hydrogens (primary N) is 1. The molecule has 2 aromatic rings. The normalized spacial score (nSPS) is 10.4. The Bertz CT molecular complexity index is 494. The number of aromatic nitrogens is 3. The van der Waals surface area contributed by atoms with E-state index in [1.54, 1.807) is 0 Å². The fourth-order valence-electron chi connectivity index (χ4n) is 1.24. The summed E-state index contributed by atoms with van der Waals surface area (Å²) in [5.41, 5.74) is 7.33. The van der Waals surface area contributed by atoms with Crippen molar-refractivity contribution in [3.8, 4) is 11.4 Å². The zero-order valence-electron chi connectivity index (χ0n) is 7.69. The van der Waals surface area contributed by atoms with E-state index in [-0.39, 0.29) is 0 Å². The summed E-state index contributed by atoms with van der Waals surface area (Å²) in [4.78, 5) is 0. The lowest BCUT2D eigenvalue weighted by Gasteiger charge is -2.00. The Morgan fingerprint density at radius 3 is 2.50 bits per heavy atom. The number of nitrogen functional groups attached to an aromatic ring is 1. The highest BCUT2D eigenvalue weighted by Crippen LogP contribution is 2.17. The van der Waals surface area contributed by atoms with Gasteiger partial charge in [0.05, 0.1) is 0 Å². The maximum atomic E-state index is 5.59. The average molecular weight is 206 g/mol. The molecule has 1 heterocycles. The van der Waals surface area contributed by atoms with E-state index in [9.17, 15) is 0 Å². The Morgan fingerprint density at radius 1 is 1.36 bits per heavy atom. The molecule has 0 spiro atoms. The van der Waals surface area contributed by atoms with Crippen molar-refractivity contribution in [3.05, 3.63) is 29.0 Å². The molecule has 2 rings (SSSR count). The van der Waals surface area contributed by atoms with Crippen LogP contribution >= 0.6 is 12.2 Å². The van der Waals surface area contributed by atoms with Crippen molar-refractivity contribution in [2.75, 3.05) is 5.73 Å². The SMILES string of the molecule is Cn1c(-c2ccc(N)cc2)n[nH]c1=S. The predicted molar refractivity (Wildman–Crippen MR) is 58.2 cm³/mol. The van der Waals surface area contributed by atoms with Gasteiger partial charge in [-0.3, -0.25) is 5.10 Å². The van der Waals surface area contributed by atoms with Gasteiger partial charge in [0, 0.05) is 18.3 Å². The number of benzene rings is 1. The van der Waals surface area contributed by atoms with Gasteiger partial charge in [-0.2, -0.15) is 5.10 Å². The van der Waals surface area contributed by atoms with Crippen molar-refractivity contribution >= 4 is 17.9 Å². The van der Waals surface area contributed by atoms with E-state index in [0.29, 0.717) is 4.77 Å². The monoisotopic (exact) mass is 206 g/mol. The third kappa shape index (κ3) is 1.42. The molecule has 5 heteroatoms. The summed E-state index contributed by atoms with van der Waals surface area (Å²) < 4.78 is 2.43. The number of anilines is 1. The zero-order chi connectivity index (χ0) is 10.1. The molecule has 3 N–H and O–H groups in total. The molecule has 4 nitrogen and oxygen atoms in total. The number of nitrogens with one attached hydrogen (secondary N) is 1. The van der Waals surface area contributed by atoms with Crippen LogP contribution in [0.25, 0.3) is 11.4 Å². The Kier molecular flexibility index (Phi) is 2.09. The molecule has 0 saturated carbocycles. The first-order chi connectivity index (χ1) is 6.68. The van der Waals surface area contributed by atoms with Crippen LogP contribution in [-0.4, -0.2) is 14.8 Å². The van der Waals surface area contributed by atoms with Crippen LogP contribution < -0.4 is 5.73 Å². The number of rotatable bonds is 1. The van der Waals surface area contributed by atoms with Crippen LogP contribution in [0.1, 0.15) is 0 Å². The molecule has 0 aliphatic heterocycles. The van der Waals surface area contributed by atoms with Gasteiger partial charge in [0.1, 0.15) is 0 Å². The van der Waals surface area contributed by atoms with Gasteiger partial charge in [-0.15, -0.1) is 0 Å². The molecule has 1 aromatic heterocycles. The van der Waals surface area contributed by atoms with Gasteiger partial charge in [0.25, 0.3) is 0 Å². The van der Waals surface area contributed by atoms with Crippen LogP contribution in [0.4, 0.5) is 5.69 Å². The van der Waals surface area contributed by atoms with E-state index < -0.39 is 0 Å². The Labute approximate surface area is 86.4 Å². The first kappa shape index (κ1) is 8.96. The topological polar surface area (TPSA) is 59.6 Å². The largest absolute Gasteiger partial charge is 0.399 e. The van der Waals surface area contributed by atoms with E-state index in [1.165, 1.54) is 0 Å². The minimum atomic E-state index is 0.608. The molecule has 0 radical (unpaired) electrons. The molecule has 72 valence electrons. The first-order valence-corrected chi connectivity index (χ1v) is 4.56. The molecule has 0 fully saturated rings. The minimum absolute atomic E-state index is 0.608. The summed E-state index contributed by atoms with van der Waals surface area (Å²) in [5, 5.41) is 6.85. The second kappa shape index (κ2) is 3.26. The lowest BCUT2D eigenvalue weighted by atomic mass is 10.2. The Balaban J connectivity index is 2.55. The summed E-state index contributed by atoms with van der Waals surface area (Å²) >= 11 is 5.02. The van der Waals surface area contributed by atoms with Gasteiger partial charge < -0.3 is 10.3 Å². The standard InChI is InChI=1S/C9H10N4S/c1-13-8(11-12-9(13)14)6-2-4-7(10)5-3-6/h2-5H,10H2,1H3,(H,12,14). The van der Waals surface area contributed by atoms with Crippen molar-refractivity contribution in [1.82, 2.24) is 14.8 Å². The molecule has 1 aromatic carbocycles. The zero-order valence-corrected chi connectivity index (χ0v) is 8.51. The average Bonchev–Trinajstić information content (AvgIpc) is 2.50. The van der Waals surface area contributed by atoms with Crippen molar-refractivity contribution < 1.29 is 0 Å². The second-order valence-corrected chi connectivity index (χ2v) is 3.42. The van der Waals surface area contributed by atoms with E-state index in [2.05, 4.69) is 10.2 Å². The van der Waals surface area contributed by atoms with Crippen molar-refractivity contribution in [3.63, 3.8) is 0 Å². The Morgan fingerprint density at radius 2 is 2.00 bits per heavy atom. The molecule has 0 aliphatic carbocycles. The highest BCUT2D eigenvalue weighted by atomic mass is 32.1. The number of aromatic amines is 1. The van der Waals surface area contributed by atoms with Crippen LogP contribution in [0, 0.1) is 4.77 Å². The molecule has 0 bridgehead atoms. The molecule has 14 heavy (non-hydrogen) atoms. The molecule has 0 unspecified atom stereocenters. The van der Waals surface area contributed by atoms with Crippen LogP contribution in [0.15, 0.2) is 24.3 Å². The van der Waals surface area contributed by atoms with Gasteiger partial charge in [0.2, 0.25) is 0 Å². The van der Waals surface area contributed by atoms with Crippen molar-refractivity contribution in [1.29, 1.82) is 0 Å². The van der Waals surface area contributed by atoms with Crippen LogP contribution in [-0.2, 0) is 7.05 Å². The lowest BCUT2D eigenvalue weighted by Crippen LogP contribution is -1.92. The molecule has 0 aliphatic rings. The van der Waals surface area contributed by atoms with E-state index in [0.717, 1.165) is 17.1 Å². The molecule has 0 amide bonds. The summed E-state index contributed by atoms with van der Waals surface area (Å²) in [7, 11) is 1.87. The number of nitrogens with zero attached hydrogens (tertiary/aromatic N) is 2. The fraction of sp³-hybridized carbons (Fsp3) is 0.111. The maximum absolute atomic E-state index is 5.59. The summed E-state index contributed by atoms with van der Waals surface area (Å²) in [5.74, 6) is 0.815. The smallest absolute Gasteiger partial charge is 0.195 e. The van der Waals surface area contributed by atoms with Crippen LogP contribution in [0.5, 0.6) is 0 Å². The van der Waals surface area contributed by atoms with Crippen LogP contribution in [0.2, 0.25) is 0 Å². The molecule has 0 atom stereocenters. The lowest BCUT2D eigenvalue weighted by molar-refractivity contribution is 0.902. The third-order valence-electron chi connectivity index (χ3n) is 2.05. The van der Waals surface area contributed by atoms with Gasteiger partial charge in [-0.05, 0) is 36.5 Å². The quantitative estimate of drug-likeness (QED) is 0.551. The summed E-state index contributed by atoms with van der Waals surface area (Å²) in [6, 6.07) is 7.51. The molecular weight excluding hydrogens is 196 g/mol. The molecular formula is C9H10N4S. The second-order valence-electron chi connectivity index (χ2n) is 3.03. The van der Waals surface area contributed by atoms with Gasteiger partial charge >= 0.3 is 0 Å². The number of H-pyrrole nitrogens is 1. The van der Waals surface area contributed by atoms with Crippen molar-refractivity contribution in [2.45, 2.75) is 0 Å². The van der Waals surface area contributed by atoms with Gasteiger partial charge in [0.15, 0.2) is 10.6 Å². The predicted octanol–water partition coefficient (Wildman–Crippen LogP) is 1.73. The number of hydrogen-bond acceptors (Lipinski definition) is 3. The fourth-order valence-corrected chi connectivity index (χ4v) is 1.37. The third-order valence-corrected chi connectivity index (χ3v) is 2.41. The van der Waals surface area contributed by atoms with Gasteiger partial charge in [-0.1, -0.05) is 0 Å².